The van der Waals surface area contributed by atoms with E-state index in [1.807, 2.05) is 16.8 Å². The number of anilines is 1. The van der Waals surface area contributed by atoms with Crippen molar-refractivity contribution in [2.75, 3.05) is 18.4 Å². The van der Waals surface area contributed by atoms with E-state index >= 15 is 0 Å². The van der Waals surface area contributed by atoms with E-state index in [-0.39, 0.29) is 10.8 Å². The molecule has 0 aliphatic rings. The van der Waals surface area contributed by atoms with Crippen LogP contribution in [0.4, 0.5) is 5.69 Å². The third-order valence-corrected chi connectivity index (χ3v) is 6.22. The Balaban J connectivity index is 2.06. The Morgan fingerprint density at radius 2 is 1.78 bits per heavy atom. The molecule has 2 rings (SSSR count). The number of rotatable bonds is 7. The average Bonchev–Trinajstić information content (AvgIpc) is 3.01. The normalized spacial score (nSPS) is 11.6. The van der Waals surface area contributed by atoms with Crippen molar-refractivity contribution in [1.29, 1.82) is 0 Å². The molecule has 7 heteroatoms. The van der Waals surface area contributed by atoms with Crippen molar-refractivity contribution in [3.8, 4) is 0 Å². The summed E-state index contributed by atoms with van der Waals surface area (Å²) >= 11 is 1.55. The minimum atomic E-state index is -3.47. The number of amides is 1. The molecule has 124 valence electrons. The molecule has 0 aliphatic heterocycles. The Morgan fingerprint density at radius 3 is 2.30 bits per heavy atom. The molecule has 0 radical (unpaired) electrons. The van der Waals surface area contributed by atoms with E-state index in [9.17, 15) is 13.2 Å². The van der Waals surface area contributed by atoms with E-state index in [2.05, 4.69) is 5.32 Å². The van der Waals surface area contributed by atoms with Crippen molar-refractivity contribution >= 4 is 33.0 Å². The third kappa shape index (κ3) is 4.40. The van der Waals surface area contributed by atoms with E-state index in [1.54, 1.807) is 37.3 Å². The zero-order valence-electron chi connectivity index (χ0n) is 13.2. The number of carbonyl (C=O) groups is 1. The van der Waals surface area contributed by atoms with E-state index in [0.717, 1.165) is 5.56 Å². The van der Waals surface area contributed by atoms with Crippen LogP contribution in [0.1, 0.15) is 19.4 Å². The zero-order chi connectivity index (χ0) is 16.9. The van der Waals surface area contributed by atoms with Crippen molar-refractivity contribution in [3.63, 3.8) is 0 Å². The number of thiophene rings is 1. The second kappa shape index (κ2) is 7.72. The van der Waals surface area contributed by atoms with Gasteiger partial charge in [-0.3, -0.25) is 4.79 Å². The fourth-order valence-corrected chi connectivity index (χ4v) is 4.33. The van der Waals surface area contributed by atoms with Crippen molar-refractivity contribution in [1.82, 2.24) is 4.31 Å². The van der Waals surface area contributed by atoms with Gasteiger partial charge >= 0.3 is 0 Å². The molecule has 1 amide bonds. The first-order valence-electron chi connectivity index (χ1n) is 7.38. The first-order valence-corrected chi connectivity index (χ1v) is 9.76. The predicted octanol–water partition coefficient (Wildman–Crippen LogP) is 2.96. The van der Waals surface area contributed by atoms with Crippen LogP contribution in [0, 0.1) is 0 Å². The topological polar surface area (TPSA) is 66.5 Å². The molecule has 23 heavy (non-hydrogen) atoms. The van der Waals surface area contributed by atoms with E-state index < -0.39 is 10.0 Å². The van der Waals surface area contributed by atoms with Gasteiger partial charge < -0.3 is 5.32 Å². The minimum Gasteiger partial charge on any atom is -0.326 e. The maximum atomic E-state index is 12.4. The summed E-state index contributed by atoms with van der Waals surface area (Å²) in [6.07, 6.45) is 0.309. The Bertz CT molecular complexity index is 734. The lowest BCUT2D eigenvalue weighted by atomic mass is 10.2. The van der Waals surface area contributed by atoms with Gasteiger partial charge in [-0.05, 0) is 46.7 Å². The highest BCUT2D eigenvalue weighted by atomic mass is 32.2. The molecule has 0 atom stereocenters. The molecule has 1 aromatic carbocycles. The van der Waals surface area contributed by atoms with Crippen molar-refractivity contribution < 1.29 is 13.2 Å². The highest BCUT2D eigenvalue weighted by molar-refractivity contribution is 7.89. The number of hydrogen-bond acceptors (Lipinski definition) is 4. The summed E-state index contributed by atoms with van der Waals surface area (Å²) < 4.78 is 26.2. The second-order valence-electron chi connectivity index (χ2n) is 4.97. The summed E-state index contributed by atoms with van der Waals surface area (Å²) in [5, 5.41) is 6.63. The van der Waals surface area contributed by atoms with E-state index in [0.29, 0.717) is 25.2 Å². The van der Waals surface area contributed by atoms with Crippen LogP contribution in [-0.2, 0) is 21.2 Å². The summed E-state index contributed by atoms with van der Waals surface area (Å²) in [5.41, 5.74) is 1.55. The Kier molecular flexibility index (Phi) is 5.92. The lowest BCUT2D eigenvalue weighted by Crippen LogP contribution is -2.30. The molecule has 0 spiro atoms. The molecule has 0 unspecified atom stereocenters. The van der Waals surface area contributed by atoms with Crippen LogP contribution >= 0.6 is 11.3 Å². The maximum Gasteiger partial charge on any atom is 0.243 e. The highest BCUT2D eigenvalue weighted by Gasteiger charge is 2.21. The van der Waals surface area contributed by atoms with E-state index in [1.165, 1.54) is 16.4 Å². The number of carbonyl (C=O) groups excluding carboxylic acids is 1. The summed E-state index contributed by atoms with van der Waals surface area (Å²) in [7, 11) is -3.47. The van der Waals surface area contributed by atoms with Gasteiger partial charge in [0.05, 0.1) is 11.3 Å². The van der Waals surface area contributed by atoms with Crippen LogP contribution in [0.2, 0.25) is 0 Å². The SMILES string of the molecule is CCN(CC)S(=O)(=O)c1ccc(NC(=O)Cc2ccsc2)cc1. The fourth-order valence-electron chi connectivity index (χ4n) is 2.21. The first-order chi connectivity index (χ1) is 11.0. The molecule has 5 nitrogen and oxygen atoms in total. The molecular weight excluding hydrogens is 332 g/mol. The smallest absolute Gasteiger partial charge is 0.243 e. The lowest BCUT2D eigenvalue weighted by molar-refractivity contribution is -0.115. The molecule has 1 aromatic heterocycles. The van der Waals surface area contributed by atoms with Crippen LogP contribution in [0.25, 0.3) is 0 Å². The number of benzene rings is 1. The van der Waals surface area contributed by atoms with Gasteiger partial charge in [0, 0.05) is 18.8 Å². The second-order valence-corrected chi connectivity index (χ2v) is 7.69. The summed E-state index contributed by atoms with van der Waals surface area (Å²) in [6.45, 7) is 4.47. The first kappa shape index (κ1) is 17.7. The predicted molar refractivity (Wildman–Crippen MR) is 93.2 cm³/mol. The monoisotopic (exact) mass is 352 g/mol. The fraction of sp³-hybridized carbons (Fsp3) is 0.312. The molecule has 1 N–H and O–H groups in total. The van der Waals surface area contributed by atoms with Crippen molar-refractivity contribution in [2.24, 2.45) is 0 Å². The van der Waals surface area contributed by atoms with Crippen LogP contribution in [-0.4, -0.2) is 31.7 Å². The molecular formula is C16H20N2O3S2. The largest absolute Gasteiger partial charge is 0.326 e. The van der Waals surface area contributed by atoms with Crippen molar-refractivity contribution in [3.05, 3.63) is 46.7 Å². The molecule has 0 saturated heterocycles. The molecule has 0 saturated carbocycles. The van der Waals surface area contributed by atoms with Crippen LogP contribution in [0.5, 0.6) is 0 Å². The molecule has 1 heterocycles. The van der Waals surface area contributed by atoms with Crippen LogP contribution < -0.4 is 5.32 Å². The number of hydrogen-bond donors (Lipinski definition) is 1. The highest BCUT2D eigenvalue weighted by Crippen LogP contribution is 2.18. The minimum absolute atomic E-state index is 0.122. The molecule has 2 aromatic rings. The third-order valence-electron chi connectivity index (χ3n) is 3.43. The van der Waals surface area contributed by atoms with Gasteiger partial charge in [-0.1, -0.05) is 13.8 Å². The van der Waals surface area contributed by atoms with Gasteiger partial charge in [-0.2, -0.15) is 15.6 Å². The summed E-state index contributed by atoms with van der Waals surface area (Å²) in [4.78, 5) is 12.2. The number of nitrogens with one attached hydrogen (secondary N) is 1. The van der Waals surface area contributed by atoms with Crippen molar-refractivity contribution in [2.45, 2.75) is 25.2 Å². The summed E-state index contributed by atoms with van der Waals surface area (Å²) in [5.74, 6) is -0.122. The molecule has 0 bridgehead atoms. The number of nitrogens with zero attached hydrogens (tertiary/aromatic N) is 1. The lowest BCUT2D eigenvalue weighted by Gasteiger charge is -2.18. The zero-order valence-corrected chi connectivity index (χ0v) is 14.8. The summed E-state index contributed by atoms with van der Waals surface area (Å²) in [6, 6.07) is 8.18. The average molecular weight is 352 g/mol. The van der Waals surface area contributed by atoms with Gasteiger partial charge in [0.1, 0.15) is 0 Å². The Hall–Kier alpha value is -1.70. The van der Waals surface area contributed by atoms with Gasteiger partial charge in [0.25, 0.3) is 0 Å². The molecule has 0 fully saturated rings. The number of sulfonamides is 1. The Morgan fingerprint density at radius 1 is 1.13 bits per heavy atom. The standard InChI is InChI=1S/C16H20N2O3S2/c1-3-18(4-2)23(20,21)15-7-5-14(6-8-15)17-16(19)11-13-9-10-22-12-13/h5-10,12H,3-4,11H2,1-2H3,(H,17,19). The van der Waals surface area contributed by atoms with Gasteiger partial charge in [-0.25, -0.2) is 8.42 Å². The maximum absolute atomic E-state index is 12.4. The molecule has 0 aliphatic carbocycles. The van der Waals surface area contributed by atoms with Crippen LogP contribution in [0.15, 0.2) is 46.0 Å². The van der Waals surface area contributed by atoms with Gasteiger partial charge in [0.2, 0.25) is 15.9 Å². The quantitative estimate of drug-likeness (QED) is 0.833. The van der Waals surface area contributed by atoms with Crippen LogP contribution in [0.3, 0.4) is 0 Å². The van der Waals surface area contributed by atoms with E-state index in [4.69, 9.17) is 0 Å². The van der Waals surface area contributed by atoms with Gasteiger partial charge in [0.15, 0.2) is 0 Å². The Labute approximate surface area is 141 Å². The van der Waals surface area contributed by atoms with Gasteiger partial charge in [-0.15, -0.1) is 0 Å².